The molecule has 1 rings (SSSR count). The van der Waals surface area contributed by atoms with E-state index in [1.807, 2.05) is 6.92 Å². The Bertz CT molecular complexity index is 465. The van der Waals surface area contributed by atoms with Crippen LogP contribution in [0.15, 0.2) is 4.99 Å². The van der Waals surface area contributed by atoms with Crippen LogP contribution in [0.3, 0.4) is 0 Å². The Morgan fingerprint density at radius 3 is 2.46 bits per heavy atom. The van der Waals surface area contributed by atoms with E-state index < -0.39 is 9.84 Å². The molecule has 0 aromatic rings. The lowest BCUT2D eigenvalue weighted by atomic mass is 9.94. The van der Waals surface area contributed by atoms with Crippen molar-refractivity contribution in [1.29, 1.82) is 0 Å². The maximum atomic E-state index is 11.2. The third-order valence-electron chi connectivity index (χ3n) is 4.48. The predicted octanol–water partition coefficient (Wildman–Crippen LogP) is 1.86. The zero-order valence-corrected chi connectivity index (χ0v) is 18.7. The first kappa shape index (κ1) is 23.9. The van der Waals surface area contributed by atoms with Gasteiger partial charge in [0.2, 0.25) is 0 Å². The first-order valence-corrected chi connectivity index (χ1v) is 10.7. The Morgan fingerprint density at radius 1 is 1.29 bits per heavy atom. The largest absolute Gasteiger partial charge is 0.355 e. The molecule has 0 aromatic heterocycles. The van der Waals surface area contributed by atoms with E-state index >= 15 is 0 Å². The van der Waals surface area contributed by atoms with Crippen LogP contribution in [0, 0.1) is 0 Å². The van der Waals surface area contributed by atoms with Gasteiger partial charge in [-0.2, -0.15) is 0 Å². The molecular formula is C16H35IN4O2S. The van der Waals surface area contributed by atoms with Crippen LogP contribution >= 0.6 is 24.0 Å². The summed E-state index contributed by atoms with van der Waals surface area (Å²) in [7, 11) is 1.03. The van der Waals surface area contributed by atoms with Gasteiger partial charge in [-0.1, -0.05) is 19.3 Å². The summed E-state index contributed by atoms with van der Waals surface area (Å²) in [4.78, 5) is 6.65. The monoisotopic (exact) mass is 474 g/mol. The topological polar surface area (TPSA) is 73.8 Å². The van der Waals surface area contributed by atoms with Crippen molar-refractivity contribution in [3.05, 3.63) is 0 Å². The molecule has 6 nitrogen and oxygen atoms in total. The van der Waals surface area contributed by atoms with E-state index in [-0.39, 0.29) is 35.8 Å². The van der Waals surface area contributed by atoms with Gasteiger partial charge in [0.05, 0.1) is 5.75 Å². The molecule has 0 bridgehead atoms. The Kier molecular flexibility index (Phi) is 12.2. The second-order valence-corrected chi connectivity index (χ2v) is 9.00. The van der Waals surface area contributed by atoms with Crippen LogP contribution in [-0.4, -0.2) is 70.6 Å². The number of aliphatic imine (C=N–C) groups is 1. The SMILES string of the molecule is CN=C(NCCN(C)C1CCCCC1)NC(C)CCS(C)(=O)=O.I. The Labute approximate surface area is 165 Å². The number of hydrogen-bond donors (Lipinski definition) is 2. The standard InChI is InChI=1S/C16H34N4O2S.HI/c1-14(10-13-23(4,21)22)19-16(17-2)18-11-12-20(3)15-8-6-5-7-9-15;/h14-15H,5-13H2,1-4H3,(H2,17,18,19);1H. The molecule has 1 unspecified atom stereocenters. The van der Waals surface area contributed by atoms with Crippen LogP contribution < -0.4 is 10.6 Å². The van der Waals surface area contributed by atoms with Crippen molar-refractivity contribution < 1.29 is 8.42 Å². The maximum Gasteiger partial charge on any atom is 0.191 e. The summed E-state index contributed by atoms with van der Waals surface area (Å²) in [6.45, 7) is 3.81. The van der Waals surface area contributed by atoms with Crippen molar-refractivity contribution in [1.82, 2.24) is 15.5 Å². The fourth-order valence-corrected chi connectivity index (χ4v) is 3.73. The molecule has 0 aliphatic heterocycles. The number of hydrogen-bond acceptors (Lipinski definition) is 4. The van der Waals surface area contributed by atoms with Crippen LogP contribution in [0.4, 0.5) is 0 Å². The number of nitrogens with one attached hydrogen (secondary N) is 2. The molecule has 0 heterocycles. The van der Waals surface area contributed by atoms with E-state index in [0.29, 0.717) is 12.5 Å². The minimum absolute atomic E-state index is 0. The highest BCUT2D eigenvalue weighted by molar-refractivity contribution is 14.0. The van der Waals surface area contributed by atoms with Gasteiger partial charge in [0.25, 0.3) is 0 Å². The normalized spacial score (nSPS) is 18.1. The molecule has 0 amide bonds. The minimum atomic E-state index is -2.91. The highest BCUT2D eigenvalue weighted by Gasteiger charge is 2.17. The number of likely N-dealkylation sites (N-methyl/N-ethyl adjacent to an activating group) is 1. The molecule has 1 atom stereocenters. The Balaban J connectivity index is 0.00000529. The average Bonchev–Trinajstić information content (AvgIpc) is 2.52. The molecule has 0 aromatic carbocycles. The summed E-state index contributed by atoms with van der Waals surface area (Å²) in [5.74, 6) is 0.936. The van der Waals surface area contributed by atoms with Crippen molar-refractivity contribution in [3.8, 4) is 0 Å². The number of rotatable bonds is 8. The number of halogens is 1. The highest BCUT2D eigenvalue weighted by Crippen LogP contribution is 2.21. The molecule has 2 N–H and O–H groups in total. The molecule has 1 fully saturated rings. The lowest BCUT2D eigenvalue weighted by Gasteiger charge is -2.31. The molecule has 0 radical (unpaired) electrons. The van der Waals surface area contributed by atoms with Gasteiger partial charge in [-0.05, 0) is 33.2 Å². The number of sulfone groups is 1. The molecule has 24 heavy (non-hydrogen) atoms. The molecule has 8 heteroatoms. The zero-order valence-electron chi connectivity index (χ0n) is 15.5. The van der Waals surface area contributed by atoms with Crippen LogP contribution in [0.1, 0.15) is 45.4 Å². The molecule has 0 saturated heterocycles. The highest BCUT2D eigenvalue weighted by atomic mass is 127. The smallest absolute Gasteiger partial charge is 0.191 e. The van der Waals surface area contributed by atoms with Gasteiger partial charge < -0.3 is 15.5 Å². The third-order valence-corrected chi connectivity index (χ3v) is 5.46. The average molecular weight is 474 g/mol. The second kappa shape index (κ2) is 12.3. The Hall–Kier alpha value is -0.0900. The Morgan fingerprint density at radius 2 is 1.92 bits per heavy atom. The first-order valence-electron chi connectivity index (χ1n) is 8.67. The van der Waals surface area contributed by atoms with Gasteiger partial charge in [0, 0.05) is 38.5 Å². The van der Waals surface area contributed by atoms with Gasteiger partial charge in [-0.25, -0.2) is 8.42 Å². The summed E-state index contributed by atoms with van der Waals surface area (Å²) < 4.78 is 22.4. The maximum absolute atomic E-state index is 11.2. The van der Waals surface area contributed by atoms with Gasteiger partial charge in [-0.15, -0.1) is 24.0 Å². The zero-order chi connectivity index (χ0) is 17.3. The fourth-order valence-electron chi connectivity index (χ4n) is 2.95. The van der Waals surface area contributed by atoms with E-state index in [0.717, 1.165) is 19.0 Å². The van der Waals surface area contributed by atoms with Crippen LogP contribution in [0.25, 0.3) is 0 Å². The summed E-state index contributed by atoms with van der Waals surface area (Å²) in [6.07, 6.45) is 8.56. The summed E-state index contributed by atoms with van der Waals surface area (Å²) in [5.41, 5.74) is 0. The van der Waals surface area contributed by atoms with Gasteiger partial charge in [-0.3, -0.25) is 4.99 Å². The van der Waals surface area contributed by atoms with E-state index in [9.17, 15) is 8.42 Å². The van der Waals surface area contributed by atoms with Crippen molar-refractivity contribution in [2.45, 2.75) is 57.5 Å². The van der Waals surface area contributed by atoms with Crippen molar-refractivity contribution in [2.24, 2.45) is 4.99 Å². The van der Waals surface area contributed by atoms with Gasteiger partial charge in [0.15, 0.2) is 5.96 Å². The molecular weight excluding hydrogens is 439 g/mol. The van der Waals surface area contributed by atoms with Crippen molar-refractivity contribution >= 4 is 39.8 Å². The summed E-state index contributed by atoms with van der Waals surface area (Å²) >= 11 is 0. The van der Waals surface area contributed by atoms with Crippen LogP contribution in [0.2, 0.25) is 0 Å². The lowest BCUT2D eigenvalue weighted by molar-refractivity contribution is 0.194. The molecule has 0 spiro atoms. The van der Waals surface area contributed by atoms with Crippen LogP contribution in [0.5, 0.6) is 0 Å². The summed E-state index contributed by atoms with van der Waals surface area (Å²) in [5, 5.41) is 6.56. The molecule has 1 aliphatic rings. The first-order chi connectivity index (χ1) is 10.8. The fraction of sp³-hybridized carbons (Fsp3) is 0.938. The van der Waals surface area contributed by atoms with E-state index in [4.69, 9.17) is 0 Å². The third kappa shape index (κ3) is 10.7. The van der Waals surface area contributed by atoms with Crippen molar-refractivity contribution in [2.75, 3.05) is 39.2 Å². The van der Waals surface area contributed by atoms with E-state index in [1.165, 1.54) is 38.4 Å². The van der Waals surface area contributed by atoms with Crippen LogP contribution in [-0.2, 0) is 9.84 Å². The molecule has 1 saturated carbocycles. The molecule has 144 valence electrons. The second-order valence-electron chi connectivity index (χ2n) is 6.74. The predicted molar refractivity (Wildman–Crippen MR) is 113 cm³/mol. The number of guanidine groups is 1. The van der Waals surface area contributed by atoms with Crippen molar-refractivity contribution in [3.63, 3.8) is 0 Å². The number of nitrogens with zero attached hydrogens (tertiary/aromatic N) is 2. The minimum Gasteiger partial charge on any atom is -0.355 e. The summed E-state index contributed by atoms with van der Waals surface area (Å²) in [6, 6.07) is 0.793. The van der Waals surface area contributed by atoms with E-state index in [2.05, 4.69) is 27.6 Å². The lowest BCUT2D eigenvalue weighted by Crippen LogP contribution is -2.46. The van der Waals surface area contributed by atoms with Gasteiger partial charge in [0.1, 0.15) is 9.84 Å². The van der Waals surface area contributed by atoms with E-state index in [1.54, 1.807) is 7.05 Å². The molecule has 1 aliphatic carbocycles. The quantitative estimate of drug-likeness (QED) is 0.319. The van der Waals surface area contributed by atoms with Gasteiger partial charge >= 0.3 is 0 Å².